The number of nitrogens with one attached hydrogen (secondary N) is 1. The van der Waals surface area contributed by atoms with Crippen molar-refractivity contribution in [3.05, 3.63) is 29.8 Å². The fourth-order valence-electron chi connectivity index (χ4n) is 2.41. The van der Waals surface area contributed by atoms with Crippen molar-refractivity contribution in [2.45, 2.75) is 44.2 Å². The topological polar surface area (TPSA) is 52.5 Å². The minimum atomic E-state index is -0.177. The second-order valence-corrected chi connectivity index (χ2v) is 4.83. The summed E-state index contributed by atoms with van der Waals surface area (Å²) in [5, 5.41) is 22.4. The van der Waals surface area contributed by atoms with Crippen LogP contribution in [0.1, 0.15) is 31.2 Å². The molecule has 17 heavy (non-hydrogen) atoms. The van der Waals surface area contributed by atoms with Gasteiger partial charge in [0.25, 0.3) is 0 Å². The predicted octanol–water partition coefficient (Wildman–Crippen LogP) is 1.83. The lowest BCUT2D eigenvalue weighted by molar-refractivity contribution is 0.0914. The smallest absolute Gasteiger partial charge is 0.115 e. The SMILES string of the molecule is Oc1ccc(CCN[C@@H]2CCCC[C@H]2O)cc1. The Morgan fingerprint density at radius 3 is 2.53 bits per heavy atom. The van der Waals surface area contributed by atoms with Crippen LogP contribution >= 0.6 is 0 Å². The van der Waals surface area contributed by atoms with E-state index in [-0.39, 0.29) is 12.1 Å². The fourth-order valence-corrected chi connectivity index (χ4v) is 2.41. The second kappa shape index (κ2) is 6.03. The minimum absolute atomic E-state index is 0.177. The Morgan fingerprint density at radius 1 is 1.12 bits per heavy atom. The van der Waals surface area contributed by atoms with Crippen LogP contribution in [0.25, 0.3) is 0 Å². The van der Waals surface area contributed by atoms with Crippen molar-refractivity contribution in [3.63, 3.8) is 0 Å². The van der Waals surface area contributed by atoms with Crippen molar-refractivity contribution in [2.24, 2.45) is 0 Å². The molecule has 3 heteroatoms. The number of benzene rings is 1. The van der Waals surface area contributed by atoms with Crippen LogP contribution < -0.4 is 5.32 Å². The number of phenolic OH excluding ortho intramolecular Hbond substituents is 1. The Balaban J connectivity index is 1.73. The molecule has 2 rings (SSSR count). The van der Waals surface area contributed by atoms with Crippen LogP contribution in [0.2, 0.25) is 0 Å². The first-order valence-corrected chi connectivity index (χ1v) is 6.45. The normalized spacial score (nSPS) is 24.8. The molecule has 1 saturated carbocycles. The molecule has 1 aromatic rings. The van der Waals surface area contributed by atoms with Crippen molar-refractivity contribution in [2.75, 3.05) is 6.54 Å². The van der Waals surface area contributed by atoms with E-state index in [0.717, 1.165) is 32.2 Å². The highest BCUT2D eigenvalue weighted by atomic mass is 16.3. The molecule has 0 radical (unpaired) electrons. The zero-order chi connectivity index (χ0) is 12.1. The molecule has 2 atom stereocenters. The Morgan fingerprint density at radius 2 is 1.82 bits per heavy atom. The summed E-state index contributed by atoms with van der Waals surface area (Å²) in [5.74, 6) is 0.310. The quantitative estimate of drug-likeness (QED) is 0.746. The van der Waals surface area contributed by atoms with E-state index in [4.69, 9.17) is 0 Å². The van der Waals surface area contributed by atoms with Gasteiger partial charge < -0.3 is 15.5 Å². The maximum Gasteiger partial charge on any atom is 0.115 e. The first-order chi connectivity index (χ1) is 8.25. The van der Waals surface area contributed by atoms with Crippen molar-refractivity contribution >= 4 is 0 Å². The van der Waals surface area contributed by atoms with Crippen molar-refractivity contribution in [3.8, 4) is 5.75 Å². The third-order valence-corrected chi connectivity index (χ3v) is 3.49. The first-order valence-electron chi connectivity index (χ1n) is 6.45. The van der Waals surface area contributed by atoms with Crippen LogP contribution in [0.15, 0.2) is 24.3 Å². The summed E-state index contributed by atoms with van der Waals surface area (Å²) >= 11 is 0. The lowest BCUT2D eigenvalue weighted by Crippen LogP contribution is -2.42. The molecule has 1 aliphatic rings. The zero-order valence-electron chi connectivity index (χ0n) is 10.1. The van der Waals surface area contributed by atoms with Crippen LogP contribution in [0.4, 0.5) is 0 Å². The van der Waals surface area contributed by atoms with Crippen LogP contribution in [0, 0.1) is 0 Å². The van der Waals surface area contributed by atoms with E-state index in [2.05, 4.69) is 5.32 Å². The van der Waals surface area contributed by atoms with Gasteiger partial charge in [-0.2, -0.15) is 0 Å². The Bertz CT molecular complexity index is 337. The molecule has 1 aliphatic carbocycles. The van der Waals surface area contributed by atoms with Crippen LogP contribution in [0.3, 0.4) is 0 Å². The molecule has 0 bridgehead atoms. The van der Waals surface area contributed by atoms with Gasteiger partial charge >= 0.3 is 0 Å². The van der Waals surface area contributed by atoms with Gasteiger partial charge in [0.2, 0.25) is 0 Å². The highest BCUT2D eigenvalue weighted by molar-refractivity contribution is 5.25. The van der Waals surface area contributed by atoms with Gasteiger partial charge in [-0.15, -0.1) is 0 Å². The summed E-state index contributed by atoms with van der Waals surface area (Å²) in [6.07, 6.45) is 5.13. The van der Waals surface area contributed by atoms with Gasteiger partial charge in [-0.25, -0.2) is 0 Å². The predicted molar refractivity (Wildman–Crippen MR) is 68.1 cm³/mol. The Kier molecular flexibility index (Phi) is 4.40. The van der Waals surface area contributed by atoms with Gasteiger partial charge in [0.15, 0.2) is 0 Å². The van der Waals surface area contributed by atoms with Gasteiger partial charge in [0.1, 0.15) is 5.75 Å². The average molecular weight is 235 g/mol. The van der Waals surface area contributed by atoms with E-state index in [1.54, 1.807) is 12.1 Å². The molecule has 0 aromatic heterocycles. The Labute approximate surface area is 102 Å². The average Bonchev–Trinajstić information content (AvgIpc) is 2.34. The zero-order valence-corrected chi connectivity index (χ0v) is 10.1. The number of rotatable bonds is 4. The molecule has 0 amide bonds. The monoisotopic (exact) mass is 235 g/mol. The molecule has 3 nitrogen and oxygen atoms in total. The first kappa shape index (κ1) is 12.4. The van der Waals surface area contributed by atoms with Gasteiger partial charge in [0.05, 0.1) is 6.10 Å². The third kappa shape index (κ3) is 3.72. The number of aromatic hydroxyl groups is 1. The molecule has 0 aliphatic heterocycles. The highest BCUT2D eigenvalue weighted by Gasteiger charge is 2.21. The molecule has 1 aromatic carbocycles. The van der Waals surface area contributed by atoms with Gasteiger partial charge in [-0.3, -0.25) is 0 Å². The number of hydrogen-bond donors (Lipinski definition) is 3. The van der Waals surface area contributed by atoms with Gasteiger partial charge in [-0.1, -0.05) is 25.0 Å². The summed E-state index contributed by atoms with van der Waals surface area (Å²) in [7, 11) is 0. The molecule has 0 heterocycles. The second-order valence-electron chi connectivity index (χ2n) is 4.83. The van der Waals surface area contributed by atoms with Gasteiger partial charge in [-0.05, 0) is 43.5 Å². The van der Waals surface area contributed by atoms with E-state index < -0.39 is 0 Å². The number of hydrogen-bond acceptors (Lipinski definition) is 3. The van der Waals surface area contributed by atoms with Crippen LogP contribution in [-0.2, 0) is 6.42 Å². The number of aliphatic hydroxyl groups is 1. The van der Waals surface area contributed by atoms with Crippen LogP contribution in [-0.4, -0.2) is 28.9 Å². The molecule has 0 spiro atoms. The maximum atomic E-state index is 9.81. The molecular weight excluding hydrogens is 214 g/mol. The van der Waals surface area contributed by atoms with E-state index in [9.17, 15) is 10.2 Å². The lowest BCUT2D eigenvalue weighted by Gasteiger charge is -2.28. The van der Waals surface area contributed by atoms with Crippen molar-refractivity contribution in [1.29, 1.82) is 0 Å². The molecule has 94 valence electrons. The van der Waals surface area contributed by atoms with Crippen molar-refractivity contribution < 1.29 is 10.2 Å². The fraction of sp³-hybridized carbons (Fsp3) is 0.571. The molecule has 0 unspecified atom stereocenters. The van der Waals surface area contributed by atoms with E-state index in [1.165, 1.54) is 12.0 Å². The summed E-state index contributed by atoms with van der Waals surface area (Å²) < 4.78 is 0. The largest absolute Gasteiger partial charge is 0.508 e. The molecule has 1 fully saturated rings. The summed E-state index contributed by atoms with van der Waals surface area (Å²) in [6, 6.07) is 7.57. The van der Waals surface area contributed by atoms with Crippen molar-refractivity contribution in [1.82, 2.24) is 5.32 Å². The number of aliphatic hydroxyl groups excluding tert-OH is 1. The van der Waals surface area contributed by atoms with E-state index >= 15 is 0 Å². The van der Waals surface area contributed by atoms with Gasteiger partial charge in [0, 0.05) is 6.04 Å². The van der Waals surface area contributed by atoms with E-state index in [1.807, 2.05) is 12.1 Å². The lowest BCUT2D eigenvalue weighted by atomic mass is 9.92. The minimum Gasteiger partial charge on any atom is -0.508 e. The molecule has 0 saturated heterocycles. The Hall–Kier alpha value is -1.06. The molecular formula is C14H21NO2. The summed E-state index contributed by atoms with van der Waals surface area (Å²) in [5.41, 5.74) is 1.21. The molecule has 3 N–H and O–H groups in total. The third-order valence-electron chi connectivity index (χ3n) is 3.49. The maximum absolute atomic E-state index is 9.81. The summed E-state index contributed by atoms with van der Waals surface area (Å²) in [4.78, 5) is 0. The number of phenols is 1. The highest BCUT2D eigenvalue weighted by Crippen LogP contribution is 2.18. The standard InChI is InChI=1S/C14H21NO2/c16-12-7-5-11(6-8-12)9-10-15-13-3-1-2-4-14(13)17/h5-8,13-17H,1-4,9-10H2/t13-,14-/m1/s1. The summed E-state index contributed by atoms with van der Waals surface area (Å²) in [6.45, 7) is 0.881. The van der Waals surface area contributed by atoms with E-state index in [0.29, 0.717) is 5.75 Å². The van der Waals surface area contributed by atoms with Crippen LogP contribution in [0.5, 0.6) is 5.75 Å².